The fraction of sp³-hybridized carbons (Fsp3) is 0.429. The van der Waals surface area contributed by atoms with Gasteiger partial charge in [0.2, 0.25) is 18.3 Å². The van der Waals surface area contributed by atoms with E-state index in [1.54, 1.807) is 30.3 Å². The van der Waals surface area contributed by atoms with Crippen molar-refractivity contribution in [3.63, 3.8) is 0 Å². The Balaban J connectivity index is 1.88. The minimum Gasteiger partial charge on any atom is -0.493 e. The molecule has 10 nitrogen and oxygen atoms in total. The van der Waals surface area contributed by atoms with Crippen LogP contribution in [0.1, 0.15) is 67.8 Å². The van der Waals surface area contributed by atoms with Gasteiger partial charge in [-0.25, -0.2) is 4.79 Å². The Morgan fingerprint density at radius 2 is 1.40 bits per heavy atom. The van der Waals surface area contributed by atoms with E-state index in [-0.39, 0.29) is 30.5 Å². The normalized spacial score (nSPS) is 20.4. The van der Waals surface area contributed by atoms with Crippen LogP contribution in [-0.2, 0) is 14.3 Å². The third-order valence-corrected chi connectivity index (χ3v) is 8.86. The molecule has 1 unspecified atom stereocenters. The lowest BCUT2D eigenvalue weighted by molar-refractivity contribution is -0.159. The van der Waals surface area contributed by atoms with Crippen molar-refractivity contribution in [2.45, 2.75) is 46.3 Å². The van der Waals surface area contributed by atoms with E-state index in [9.17, 15) is 9.59 Å². The molecule has 0 bridgehead atoms. The number of benzene rings is 3. The molecule has 10 heteroatoms. The Morgan fingerprint density at radius 1 is 0.800 bits per heavy atom. The Hall–Kier alpha value is -4.60. The van der Waals surface area contributed by atoms with Crippen LogP contribution in [0.4, 0.5) is 0 Å². The van der Waals surface area contributed by atoms with E-state index >= 15 is 0 Å². The van der Waals surface area contributed by atoms with Crippen LogP contribution in [0, 0.1) is 17.8 Å². The lowest BCUT2D eigenvalue weighted by Crippen LogP contribution is -2.32. The van der Waals surface area contributed by atoms with Crippen LogP contribution in [0.25, 0.3) is 11.1 Å². The molecule has 1 aliphatic carbocycles. The molecular formula is C35H40O10. The summed E-state index contributed by atoms with van der Waals surface area (Å²) in [6.45, 7) is 7.71. The molecular weight excluding hydrogens is 580 g/mol. The number of hydrogen-bond donors (Lipinski definition) is 0. The van der Waals surface area contributed by atoms with Gasteiger partial charge in [-0.05, 0) is 30.7 Å². The van der Waals surface area contributed by atoms with E-state index < -0.39 is 18.2 Å². The van der Waals surface area contributed by atoms with E-state index in [0.717, 1.165) is 0 Å². The van der Waals surface area contributed by atoms with Gasteiger partial charge in [-0.2, -0.15) is 0 Å². The maximum atomic E-state index is 13.7. The van der Waals surface area contributed by atoms with Gasteiger partial charge in [-0.15, -0.1) is 0 Å². The molecule has 1 aliphatic heterocycles. The first-order valence-electron chi connectivity index (χ1n) is 15.0. The first kappa shape index (κ1) is 31.8. The molecule has 3 aromatic carbocycles. The van der Waals surface area contributed by atoms with Crippen molar-refractivity contribution >= 4 is 11.9 Å². The van der Waals surface area contributed by atoms with Crippen molar-refractivity contribution < 1.29 is 47.5 Å². The summed E-state index contributed by atoms with van der Waals surface area (Å²) >= 11 is 0. The van der Waals surface area contributed by atoms with Crippen LogP contribution in [0.5, 0.6) is 34.5 Å². The zero-order valence-electron chi connectivity index (χ0n) is 26.9. The lowest BCUT2D eigenvalue weighted by atomic mass is 9.74. The third-order valence-electron chi connectivity index (χ3n) is 8.86. The smallest absolute Gasteiger partial charge is 0.338 e. The zero-order valence-corrected chi connectivity index (χ0v) is 26.9. The van der Waals surface area contributed by atoms with Crippen LogP contribution in [0.15, 0.2) is 42.5 Å². The molecule has 0 aromatic heterocycles. The van der Waals surface area contributed by atoms with Crippen molar-refractivity contribution in [2.75, 3.05) is 35.2 Å². The van der Waals surface area contributed by atoms with Crippen molar-refractivity contribution in [3.05, 3.63) is 59.2 Å². The molecule has 1 heterocycles. The number of esters is 2. The molecule has 0 N–H and O–H groups in total. The molecule has 5 rings (SSSR count). The van der Waals surface area contributed by atoms with Crippen LogP contribution >= 0.6 is 0 Å². The van der Waals surface area contributed by atoms with Crippen molar-refractivity contribution in [1.82, 2.24) is 0 Å². The molecule has 45 heavy (non-hydrogen) atoms. The van der Waals surface area contributed by atoms with Gasteiger partial charge in [0.15, 0.2) is 23.0 Å². The number of carbonyl (C=O) groups is 2. The minimum atomic E-state index is -0.843. The molecule has 2 aliphatic rings. The summed E-state index contributed by atoms with van der Waals surface area (Å²) in [6.07, 6.45) is -1.02. The average Bonchev–Trinajstić information content (AvgIpc) is 3.55. The minimum absolute atomic E-state index is 0.00882. The van der Waals surface area contributed by atoms with Crippen LogP contribution < -0.4 is 28.4 Å². The van der Waals surface area contributed by atoms with E-state index in [1.807, 2.05) is 39.8 Å². The number of hydrogen-bond acceptors (Lipinski definition) is 10. The van der Waals surface area contributed by atoms with Gasteiger partial charge in [-0.1, -0.05) is 45.9 Å². The third kappa shape index (κ3) is 5.58. The summed E-state index contributed by atoms with van der Waals surface area (Å²) in [4.78, 5) is 27.1. The number of ether oxygens (including phenoxy) is 8. The summed E-state index contributed by atoms with van der Waals surface area (Å²) in [6, 6.07) is 12.4. The molecule has 0 saturated heterocycles. The van der Waals surface area contributed by atoms with Crippen LogP contribution in [0.2, 0.25) is 0 Å². The average molecular weight is 621 g/mol. The van der Waals surface area contributed by atoms with Gasteiger partial charge in [0.25, 0.3) is 0 Å². The first-order valence-corrected chi connectivity index (χ1v) is 15.0. The fourth-order valence-corrected chi connectivity index (χ4v) is 5.99. The molecule has 240 valence electrons. The Labute approximate surface area is 263 Å². The largest absolute Gasteiger partial charge is 0.493 e. The number of methoxy groups -OCH3 is 4. The molecule has 0 fully saturated rings. The Morgan fingerprint density at radius 3 is 2.00 bits per heavy atom. The highest BCUT2D eigenvalue weighted by Gasteiger charge is 2.45. The fourth-order valence-electron chi connectivity index (χ4n) is 5.99. The molecule has 0 radical (unpaired) electrons. The summed E-state index contributed by atoms with van der Waals surface area (Å²) in [5.74, 6) is 0.312. The monoisotopic (exact) mass is 620 g/mol. The summed E-state index contributed by atoms with van der Waals surface area (Å²) in [5.41, 5.74) is 2.69. The van der Waals surface area contributed by atoms with E-state index in [1.165, 1.54) is 28.4 Å². The molecule has 5 atom stereocenters. The lowest BCUT2D eigenvalue weighted by Gasteiger charge is -2.39. The molecule has 0 spiro atoms. The highest BCUT2D eigenvalue weighted by molar-refractivity contribution is 5.91. The Kier molecular flexibility index (Phi) is 9.32. The van der Waals surface area contributed by atoms with E-state index in [2.05, 4.69) is 0 Å². The van der Waals surface area contributed by atoms with Gasteiger partial charge in [-0.3, -0.25) is 4.79 Å². The second-order valence-electron chi connectivity index (χ2n) is 11.3. The standard InChI is InChI=1S/C35H40O10/c1-9-18(2)34(36)44-28-19(3)20(4)29(45-35(37)21-13-11-10-12-14-21)22-15-24(38-5)30(39-6)32(40-7)26(22)27-23(28)16-25-31(33(27)41-8)43-17-42-25/h10-16,18-20,28-29H,9,17H2,1-8H3/t18?,19-,20+,28-,29-/m1/s1. The second-order valence-corrected chi connectivity index (χ2v) is 11.3. The van der Waals surface area contributed by atoms with E-state index in [0.29, 0.717) is 68.7 Å². The molecule has 3 aromatic rings. The van der Waals surface area contributed by atoms with Crippen molar-refractivity contribution in [3.8, 4) is 45.6 Å². The van der Waals surface area contributed by atoms with Crippen molar-refractivity contribution in [2.24, 2.45) is 17.8 Å². The highest BCUT2D eigenvalue weighted by Crippen LogP contribution is 2.60. The SMILES string of the molecule is CCC(C)C(=O)O[C@H]1c2cc3c(c(OC)c2-c2c(cc(OC)c(OC)c2OC)[C@H](OC(=O)c2ccccc2)[C@@H](C)[C@H]1C)OCO3. The quantitative estimate of drug-likeness (QED) is 0.234. The number of fused-ring (bicyclic) bond motifs is 4. The second kappa shape index (κ2) is 13.2. The molecule has 0 saturated carbocycles. The topological polar surface area (TPSA) is 108 Å². The maximum absolute atomic E-state index is 13.7. The van der Waals surface area contributed by atoms with Crippen LogP contribution in [-0.4, -0.2) is 47.2 Å². The van der Waals surface area contributed by atoms with Crippen molar-refractivity contribution in [1.29, 1.82) is 0 Å². The molecule has 0 amide bonds. The summed E-state index contributed by atoms with van der Waals surface area (Å²) < 4.78 is 48.1. The first-order chi connectivity index (χ1) is 21.7. The van der Waals surface area contributed by atoms with Gasteiger partial charge < -0.3 is 37.9 Å². The number of carbonyl (C=O) groups excluding carboxylic acids is 2. The van der Waals surface area contributed by atoms with Crippen LogP contribution in [0.3, 0.4) is 0 Å². The van der Waals surface area contributed by atoms with Gasteiger partial charge in [0, 0.05) is 34.1 Å². The number of rotatable bonds is 9. The summed E-state index contributed by atoms with van der Waals surface area (Å²) in [7, 11) is 6.09. The maximum Gasteiger partial charge on any atom is 0.338 e. The predicted octanol–water partition coefficient (Wildman–Crippen LogP) is 6.93. The Bertz CT molecular complexity index is 1570. The predicted molar refractivity (Wildman–Crippen MR) is 165 cm³/mol. The zero-order chi connectivity index (χ0) is 32.4. The van der Waals surface area contributed by atoms with Gasteiger partial charge in [0.05, 0.1) is 39.9 Å². The highest BCUT2D eigenvalue weighted by atomic mass is 16.7. The van der Waals surface area contributed by atoms with Gasteiger partial charge >= 0.3 is 11.9 Å². The van der Waals surface area contributed by atoms with E-state index in [4.69, 9.17) is 37.9 Å². The summed E-state index contributed by atoms with van der Waals surface area (Å²) in [5, 5.41) is 0. The van der Waals surface area contributed by atoms with Gasteiger partial charge in [0.1, 0.15) is 12.2 Å².